The van der Waals surface area contributed by atoms with Crippen LogP contribution in [0.3, 0.4) is 0 Å². The molecule has 2 aromatic rings. The van der Waals surface area contributed by atoms with Gasteiger partial charge in [-0.25, -0.2) is 0 Å². The van der Waals surface area contributed by atoms with Gasteiger partial charge in [0.25, 0.3) is 0 Å². The number of hydrogen-bond acceptors (Lipinski definition) is 18. The van der Waals surface area contributed by atoms with Crippen molar-refractivity contribution in [3.8, 4) is 5.75 Å². The van der Waals surface area contributed by atoms with E-state index >= 15 is 9.00 Å². The van der Waals surface area contributed by atoms with Gasteiger partial charge in [-0.3, -0.25) is 61.7 Å². The van der Waals surface area contributed by atoms with Crippen molar-refractivity contribution in [1.82, 2.24) is 46.7 Å². The molecule has 0 spiro atoms. The van der Waals surface area contributed by atoms with E-state index in [0.717, 1.165) is 4.90 Å². The summed E-state index contributed by atoms with van der Waals surface area (Å²) in [5.74, 6) is -15.1. The van der Waals surface area contributed by atoms with Crippen LogP contribution in [0.15, 0.2) is 17.2 Å². The predicted molar refractivity (Wildman–Crippen MR) is 319 cm³/mol. The highest BCUT2D eigenvalue weighted by molar-refractivity contribution is 7.99. The maximum Gasteiger partial charge on any atom is 0.306 e. The normalized spacial score (nSPS) is 26.1. The number of nitrogens with two attached hydrogens (primary N) is 1. The first kappa shape index (κ1) is 70.1. The third-order valence-corrected chi connectivity index (χ3v) is 19.7. The van der Waals surface area contributed by atoms with Crippen LogP contribution in [0.5, 0.6) is 5.75 Å². The first-order valence-corrected chi connectivity index (χ1v) is 32.1. The highest BCUT2D eigenvalue weighted by atomic mass is 32.2. The van der Waals surface area contributed by atoms with Crippen molar-refractivity contribution in [2.75, 3.05) is 58.7 Å². The summed E-state index contributed by atoms with van der Waals surface area (Å²) in [6.07, 6.45) is -2.83. The lowest BCUT2D eigenvalue weighted by Gasteiger charge is -2.32. The minimum absolute atomic E-state index is 0.0452. The molecule has 2 unspecified atom stereocenters. The van der Waals surface area contributed by atoms with E-state index < -0.39 is 200 Å². The van der Waals surface area contributed by atoms with Gasteiger partial charge in [0, 0.05) is 98.0 Å². The number of amides is 9. The SMILES string of the molecule is CC[C@H](C)[C@@H]1CC(=O)CNC(=O)[C@H]2CC(=O)[C@H]([C@@H](C)[C@@H](O)CO)NC(=O)[C@@H]3C[C@@H](O)CN3C(=O)[C@H](CC(N)=O)NC(=O)[C@H](CS(=O)c3[nH]c4c(CS[C@@H]5CCN(C(=O)CCCCCNC(=O)CC(C)C(=O)O)C5)c(OC)ccc4c3C2)NC(=O)CNC1=O. The monoisotopic (exact) mass is 1270 g/mol. The molecule has 1 aromatic heterocycles. The van der Waals surface area contributed by atoms with E-state index in [1.54, 1.807) is 30.9 Å². The van der Waals surface area contributed by atoms with Crippen molar-refractivity contribution in [2.45, 2.75) is 157 Å². The Morgan fingerprint density at radius 1 is 0.909 bits per heavy atom. The molecule has 28 nitrogen and oxygen atoms in total. The van der Waals surface area contributed by atoms with Gasteiger partial charge >= 0.3 is 5.97 Å². The average molecular weight is 1270 g/mol. The van der Waals surface area contributed by atoms with Crippen molar-refractivity contribution in [3.05, 3.63) is 23.3 Å². The fraction of sp³-hybridized carbons (Fsp3) is 0.655. The van der Waals surface area contributed by atoms with Gasteiger partial charge in [-0.1, -0.05) is 40.5 Å². The number of Topliss-reactive ketones (excluding diaryl/α,β-unsaturated/α-hetero) is 2. The number of H-pyrrole nitrogens is 1. The molecule has 486 valence electrons. The Labute approximate surface area is 515 Å². The van der Waals surface area contributed by atoms with Gasteiger partial charge in [0.2, 0.25) is 53.2 Å². The number of aromatic amines is 1. The summed E-state index contributed by atoms with van der Waals surface area (Å²) < 4.78 is 21.3. The summed E-state index contributed by atoms with van der Waals surface area (Å²) in [5.41, 5.74) is 6.68. The molecule has 13 atom stereocenters. The fourth-order valence-corrected chi connectivity index (χ4v) is 14.0. The number of carbonyl (C=O) groups excluding carboxylic acids is 11. The van der Waals surface area contributed by atoms with Crippen molar-refractivity contribution < 1.29 is 86.9 Å². The van der Waals surface area contributed by atoms with E-state index in [-0.39, 0.29) is 46.2 Å². The number of ether oxygens (including phenoxy) is 1. The minimum atomic E-state index is -2.43. The fourth-order valence-electron chi connectivity index (χ4n) is 11.4. The second kappa shape index (κ2) is 32.5. The lowest BCUT2D eigenvalue weighted by Crippen LogP contribution is -2.60. The number of aliphatic hydroxyl groups excluding tert-OH is 3. The Bertz CT molecular complexity index is 2980. The maximum absolute atomic E-state index is 15.4. The maximum atomic E-state index is 15.4. The molecule has 4 aliphatic rings. The van der Waals surface area contributed by atoms with Crippen LogP contribution >= 0.6 is 11.8 Å². The van der Waals surface area contributed by atoms with Crippen LogP contribution in [0.25, 0.3) is 10.9 Å². The van der Waals surface area contributed by atoms with Crippen LogP contribution in [0.1, 0.15) is 109 Å². The molecule has 2 fully saturated rings. The van der Waals surface area contributed by atoms with E-state index in [9.17, 15) is 68.1 Å². The quantitative estimate of drug-likeness (QED) is 0.0650. The molecule has 0 saturated carbocycles. The highest BCUT2D eigenvalue weighted by Gasteiger charge is 2.45. The molecule has 4 aliphatic heterocycles. The summed E-state index contributed by atoms with van der Waals surface area (Å²) in [6, 6.07) is -3.71. The lowest BCUT2D eigenvalue weighted by atomic mass is 9.85. The number of primary amides is 1. The van der Waals surface area contributed by atoms with Crippen LogP contribution in [-0.2, 0) is 80.5 Å². The number of thioether (sulfide) groups is 1. The van der Waals surface area contributed by atoms with E-state index in [2.05, 4.69) is 36.9 Å². The van der Waals surface area contributed by atoms with E-state index in [1.165, 1.54) is 32.7 Å². The lowest BCUT2D eigenvalue weighted by molar-refractivity contribution is -0.144. The van der Waals surface area contributed by atoms with Crippen LogP contribution in [0.4, 0.5) is 0 Å². The molecule has 30 heteroatoms. The second-order valence-electron chi connectivity index (χ2n) is 23.4. The number of likely N-dealkylation sites (tertiary alicyclic amines) is 1. The van der Waals surface area contributed by atoms with Gasteiger partial charge in [0.15, 0.2) is 11.6 Å². The molecule has 0 aliphatic carbocycles. The Kier molecular flexibility index (Phi) is 25.8. The topological polar surface area (TPSA) is 433 Å². The van der Waals surface area contributed by atoms with Crippen molar-refractivity contribution in [1.29, 1.82) is 0 Å². The molecule has 88 heavy (non-hydrogen) atoms. The molecular formula is C58H84N10O18S2. The second-order valence-corrected chi connectivity index (χ2v) is 26.1. The van der Waals surface area contributed by atoms with E-state index in [4.69, 9.17) is 15.6 Å². The number of hydrogen-bond donors (Lipinski definition) is 12. The number of aliphatic carboxylic acids is 1. The number of nitrogens with one attached hydrogen (secondary N) is 7. The van der Waals surface area contributed by atoms with Gasteiger partial charge in [0.1, 0.15) is 28.9 Å². The van der Waals surface area contributed by atoms with Crippen molar-refractivity contribution in [3.63, 3.8) is 0 Å². The van der Waals surface area contributed by atoms with Gasteiger partial charge in [-0.2, -0.15) is 11.8 Å². The highest BCUT2D eigenvalue weighted by Crippen LogP contribution is 2.39. The number of aromatic nitrogens is 1. The van der Waals surface area contributed by atoms with Crippen LogP contribution < -0.4 is 42.4 Å². The zero-order valence-corrected chi connectivity index (χ0v) is 51.9. The third kappa shape index (κ3) is 18.5. The Morgan fingerprint density at radius 2 is 1.64 bits per heavy atom. The molecule has 1 aromatic carbocycles. The first-order chi connectivity index (χ1) is 41.7. The molecule has 2 bridgehead atoms. The number of ketones is 2. The number of fused-ring (bicyclic) bond motifs is 5. The summed E-state index contributed by atoms with van der Waals surface area (Å²) in [6.45, 7) is 4.77. The van der Waals surface area contributed by atoms with Crippen LogP contribution in [-0.4, -0.2) is 210 Å². The number of rotatable bonds is 20. The average Bonchev–Trinajstić information content (AvgIpc) is 2.29. The van der Waals surface area contributed by atoms with Gasteiger partial charge in [-0.15, -0.1) is 0 Å². The van der Waals surface area contributed by atoms with Gasteiger partial charge < -0.3 is 77.6 Å². The standard InChI is InChI=1S/C58H84N10O18S2/c1-6-29(2)37-19-33(70)22-61-52(78)32-17-38-36-11-12-45(86-5)39(27-87-35-13-15-67(25-35)49(77)10-8-7-9-14-60-47(75)16-30(3)58(83)84)51(36)66-56(38)88(85)28-41(63-48(76)23-62-53(37)79)54(80)64-40(21-46(59)74)57(82)68-24-34(71)20-42(68)55(81)65-50(43(72)18-32)31(4)44(73)26-69/h11-12,29-32,34-35,37,40-42,44,50,66,69,71,73H,6-10,13-28H2,1-5H3,(H2,59,74)(H,60,75)(H,61,78)(H,62,79)(H,63,76)(H,64,80)(H,65,81)(H,83,84)/t29-,30?,31-,32+,34+,35+,37-,40-,41-,42-,44-,50-,88?/m0/s1. The zero-order chi connectivity index (χ0) is 64.7. The van der Waals surface area contributed by atoms with Crippen LogP contribution in [0.2, 0.25) is 0 Å². The molecule has 6 rings (SSSR count). The number of carboxylic acids is 1. The summed E-state index contributed by atoms with van der Waals surface area (Å²) >= 11 is 1.51. The number of carbonyl (C=O) groups is 12. The molecule has 13 N–H and O–H groups in total. The van der Waals surface area contributed by atoms with Gasteiger partial charge in [-0.05, 0) is 49.3 Å². The first-order valence-electron chi connectivity index (χ1n) is 29.8. The molecule has 9 amide bonds. The number of nitrogens with zero attached hydrogens (tertiary/aromatic N) is 2. The van der Waals surface area contributed by atoms with Crippen LogP contribution in [0, 0.1) is 29.6 Å². The molecule has 0 radical (unpaired) electrons. The number of unbranched alkanes of at least 4 members (excludes halogenated alkanes) is 2. The summed E-state index contributed by atoms with van der Waals surface area (Å²) in [7, 11) is -0.990. The van der Waals surface area contributed by atoms with Gasteiger partial charge in [0.05, 0.1) is 79.5 Å². The Hall–Kier alpha value is -7.02. The third-order valence-electron chi connectivity index (χ3n) is 16.9. The zero-order valence-electron chi connectivity index (χ0n) is 50.2. The summed E-state index contributed by atoms with van der Waals surface area (Å²) in [4.78, 5) is 170. The number of aliphatic hydroxyl groups is 3. The molecule has 5 heterocycles. The van der Waals surface area contributed by atoms with E-state index in [1.807, 2.05) is 0 Å². The van der Waals surface area contributed by atoms with E-state index in [0.29, 0.717) is 74.0 Å². The number of methoxy groups -OCH3 is 1. The Morgan fingerprint density at radius 3 is 2.32 bits per heavy atom. The van der Waals surface area contributed by atoms with Crippen molar-refractivity contribution in [2.24, 2.45) is 35.3 Å². The predicted octanol–water partition coefficient (Wildman–Crippen LogP) is -1.81. The number of carboxylic acid groups (broad SMARTS) is 1. The minimum Gasteiger partial charge on any atom is -0.496 e. The Balaban J connectivity index is 1.42. The molecular weight excluding hydrogens is 1190 g/mol. The summed E-state index contributed by atoms with van der Waals surface area (Å²) in [5, 5.41) is 56.6. The van der Waals surface area contributed by atoms with Crippen molar-refractivity contribution >= 4 is 104 Å². The largest absolute Gasteiger partial charge is 0.496 e. The number of benzene rings is 1. The molecule has 2 saturated heterocycles. The smallest absolute Gasteiger partial charge is 0.306 e.